The van der Waals surface area contributed by atoms with Crippen molar-refractivity contribution in [1.29, 1.82) is 0 Å². The van der Waals surface area contributed by atoms with Crippen LogP contribution in [0.4, 0.5) is 0 Å². The third-order valence-corrected chi connectivity index (χ3v) is 6.73. The van der Waals surface area contributed by atoms with Crippen molar-refractivity contribution in [3.63, 3.8) is 0 Å². The van der Waals surface area contributed by atoms with Crippen molar-refractivity contribution >= 4 is 11.9 Å². The summed E-state index contributed by atoms with van der Waals surface area (Å²) >= 11 is 0. The molecule has 0 heterocycles. The number of ether oxygens (including phenoxy) is 2. The van der Waals surface area contributed by atoms with Gasteiger partial charge in [-0.3, -0.25) is 9.59 Å². The van der Waals surface area contributed by atoms with Gasteiger partial charge >= 0.3 is 11.9 Å². The highest BCUT2D eigenvalue weighted by molar-refractivity contribution is 5.70. The molecule has 0 amide bonds. The van der Waals surface area contributed by atoms with Crippen LogP contribution in [0.5, 0.6) is 0 Å². The third kappa shape index (κ3) is 32.2. The Morgan fingerprint density at radius 2 is 1.18 bits per heavy atom. The summed E-state index contributed by atoms with van der Waals surface area (Å²) < 4.78 is 10.2. The molecule has 0 aromatic rings. The zero-order valence-corrected chi connectivity index (χ0v) is 27.9. The lowest BCUT2D eigenvalue weighted by atomic mass is 10.0. The second-order valence-electron chi connectivity index (χ2n) is 11.6. The van der Waals surface area contributed by atoms with Crippen molar-refractivity contribution in [3.8, 4) is 0 Å². The van der Waals surface area contributed by atoms with Gasteiger partial charge in [0.25, 0.3) is 0 Å². The Kier molecular flexibility index (Phi) is 29.8. The van der Waals surface area contributed by atoms with Gasteiger partial charge in [0, 0.05) is 12.8 Å². The molecule has 6 heteroatoms. The summed E-state index contributed by atoms with van der Waals surface area (Å²) in [7, 11) is 0. The van der Waals surface area contributed by atoms with Gasteiger partial charge in [0.2, 0.25) is 0 Å². The largest absolute Gasteiger partial charge is 0.463 e. The first-order chi connectivity index (χ1) is 21.3. The molecule has 0 spiro atoms. The van der Waals surface area contributed by atoms with Crippen LogP contribution in [0, 0.1) is 5.92 Å². The van der Waals surface area contributed by atoms with Gasteiger partial charge in [0.05, 0.1) is 6.10 Å². The van der Waals surface area contributed by atoms with Crippen LogP contribution in [0.25, 0.3) is 0 Å². The SMILES string of the molecule is CC/C=C\C/C=C\C/C=C\C/C=C\C=C/C(O)C/C=C\CCC(=O)OC[C@@H](O)COC(=O)CCCCCCCCCC(C)C. The van der Waals surface area contributed by atoms with Gasteiger partial charge in [-0.25, -0.2) is 0 Å². The fourth-order valence-electron chi connectivity index (χ4n) is 4.14. The standard InChI is InChI=1S/C38H62O6/c1-4-5-6-7-8-9-10-11-12-13-16-19-23-28-35(39)29-24-21-26-31-38(42)44-33-36(40)32-43-37(41)30-25-20-17-14-15-18-22-27-34(2)3/h5-6,8-9,11-12,16,19,21,23-24,28,34-36,39-40H,4,7,10,13-15,17-18,20,22,25-27,29-33H2,1-3H3/b6-5-,9-8-,12-11-,19-16-,24-21-,28-23-/t35?,36-/m0/s1. The fourth-order valence-corrected chi connectivity index (χ4v) is 4.14. The predicted octanol–water partition coefficient (Wildman–Crippen LogP) is 9.05. The summed E-state index contributed by atoms with van der Waals surface area (Å²) in [6.07, 6.45) is 37.1. The first-order valence-electron chi connectivity index (χ1n) is 17.0. The zero-order chi connectivity index (χ0) is 32.5. The van der Waals surface area contributed by atoms with Crippen LogP contribution in [-0.2, 0) is 19.1 Å². The molecule has 2 N–H and O–H groups in total. The maximum Gasteiger partial charge on any atom is 0.306 e. The highest BCUT2D eigenvalue weighted by Crippen LogP contribution is 2.13. The number of unbranched alkanes of at least 4 members (excludes halogenated alkanes) is 6. The van der Waals surface area contributed by atoms with Gasteiger partial charge in [-0.05, 0) is 50.9 Å². The van der Waals surface area contributed by atoms with E-state index in [0.717, 1.165) is 50.9 Å². The minimum absolute atomic E-state index is 0.172. The van der Waals surface area contributed by atoms with Crippen LogP contribution in [0.2, 0.25) is 0 Å². The van der Waals surface area contributed by atoms with E-state index in [1.54, 1.807) is 6.08 Å². The highest BCUT2D eigenvalue weighted by atomic mass is 16.6. The molecule has 6 nitrogen and oxygen atoms in total. The number of allylic oxidation sites excluding steroid dienone is 10. The number of aliphatic hydroxyl groups excluding tert-OH is 2. The van der Waals surface area contributed by atoms with Crippen LogP contribution in [0.3, 0.4) is 0 Å². The van der Waals surface area contributed by atoms with E-state index in [1.165, 1.54) is 32.1 Å². The first kappa shape index (κ1) is 41.3. The molecule has 0 aliphatic heterocycles. The van der Waals surface area contributed by atoms with Gasteiger partial charge < -0.3 is 19.7 Å². The van der Waals surface area contributed by atoms with E-state index >= 15 is 0 Å². The minimum Gasteiger partial charge on any atom is -0.463 e. The Labute approximate surface area is 268 Å². The zero-order valence-electron chi connectivity index (χ0n) is 27.9. The third-order valence-electron chi connectivity index (χ3n) is 6.73. The van der Waals surface area contributed by atoms with Crippen LogP contribution < -0.4 is 0 Å². The highest BCUT2D eigenvalue weighted by Gasteiger charge is 2.11. The Morgan fingerprint density at radius 1 is 0.636 bits per heavy atom. The number of hydrogen-bond acceptors (Lipinski definition) is 6. The van der Waals surface area contributed by atoms with Crippen molar-refractivity contribution in [2.45, 2.75) is 136 Å². The minimum atomic E-state index is -1.03. The number of esters is 2. The van der Waals surface area contributed by atoms with E-state index < -0.39 is 18.2 Å². The molecular formula is C38H62O6. The molecule has 0 saturated carbocycles. The van der Waals surface area contributed by atoms with Gasteiger partial charge in [-0.1, -0.05) is 139 Å². The van der Waals surface area contributed by atoms with E-state index in [4.69, 9.17) is 9.47 Å². The average Bonchev–Trinajstić information content (AvgIpc) is 3.00. The molecule has 0 radical (unpaired) electrons. The monoisotopic (exact) mass is 614 g/mol. The summed E-state index contributed by atoms with van der Waals surface area (Å²) in [6.45, 7) is 6.28. The molecule has 44 heavy (non-hydrogen) atoms. The summed E-state index contributed by atoms with van der Waals surface area (Å²) in [4.78, 5) is 23.8. The lowest BCUT2D eigenvalue weighted by Gasteiger charge is -2.12. The molecule has 0 fully saturated rings. The molecule has 0 bridgehead atoms. The lowest BCUT2D eigenvalue weighted by Crippen LogP contribution is -2.25. The molecular weight excluding hydrogens is 552 g/mol. The number of aliphatic hydroxyl groups is 2. The molecule has 0 aromatic carbocycles. The fraction of sp³-hybridized carbons (Fsp3) is 0.632. The summed E-state index contributed by atoms with van der Waals surface area (Å²) in [5.74, 6) is 0.0271. The number of carbonyl (C=O) groups excluding carboxylic acids is 2. The van der Waals surface area contributed by atoms with Crippen molar-refractivity contribution < 1.29 is 29.3 Å². The summed E-state index contributed by atoms with van der Waals surface area (Å²) in [6, 6.07) is 0. The molecule has 0 aliphatic carbocycles. The second kappa shape index (κ2) is 31.7. The maximum atomic E-state index is 11.9. The van der Waals surface area contributed by atoms with Crippen LogP contribution in [0.15, 0.2) is 72.9 Å². The average molecular weight is 615 g/mol. The van der Waals surface area contributed by atoms with Gasteiger partial charge in [0.15, 0.2) is 0 Å². The molecule has 1 unspecified atom stereocenters. The molecule has 2 atom stereocenters. The van der Waals surface area contributed by atoms with Crippen molar-refractivity contribution in [3.05, 3.63) is 72.9 Å². The van der Waals surface area contributed by atoms with Crippen LogP contribution in [-0.4, -0.2) is 47.6 Å². The van der Waals surface area contributed by atoms with E-state index in [-0.39, 0.29) is 25.6 Å². The van der Waals surface area contributed by atoms with Gasteiger partial charge in [0.1, 0.15) is 19.3 Å². The van der Waals surface area contributed by atoms with E-state index in [2.05, 4.69) is 57.2 Å². The quantitative estimate of drug-likeness (QED) is 0.0395. The Bertz CT molecular complexity index is 865. The maximum absolute atomic E-state index is 11.9. The van der Waals surface area contributed by atoms with Gasteiger partial charge in [-0.15, -0.1) is 0 Å². The molecule has 0 aliphatic rings. The van der Waals surface area contributed by atoms with Crippen molar-refractivity contribution in [1.82, 2.24) is 0 Å². The van der Waals surface area contributed by atoms with Crippen LogP contribution in [0.1, 0.15) is 124 Å². The predicted molar refractivity (Wildman–Crippen MR) is 183 cm³/mol. The van der Waals surface area contributed by atoms with E-state index in [1.807, 2.05) is 30.4 Å². The summed E-state index contributed by atoms with van der Waals surface area (Å²) in [5, 5.41) is 20.0. The summed E-state index contributed by atoms with van der Waals surface area (Å²) in [5.41, 5.74) is 0. The molecule has 0 aromatic heterocycles. The Morgan fingerprint density at radius 3 is 1.80 bits per heavy atom. The number of hydrogen-bond donors (Lipinski definition) is 2. The molecule has 0 rings (SSSR count). The number of carbonyl (C=O) groups is 2. The van der Waals surface area contributed by atoms with E-state index in [9.17, 15) is 19.8 Å². The Hall–Kier alpha value is -2.70. The first-order valence-corrected chi connectivity index (χ1v) is 17.0. The van der Waals surface area contributed by atoms with Crippen molar-refractivity contribution in [2.75, 3.05) is 13.2 Å². The van der Waals surface area contributed by atoms with Crippen LogP contribution >= 0.6 is 0 Å². The Balaban J connectivity index is 3.76. The van der Waals surface area contributed by atoms with E-state index in [0.29, 0.717) is 19.3 Å². The smallest absolute Gasteiger partial charge is 0.306 e. The topological polar surface area (TPSA) is 93.1 Å². The van der Waals surface area contributed by atoms with Gasteiger partial charge in [-0.2, -0.15) is 0 Å². The molecule has 0 saturated heterocycles. The van der Waals surface area contributed by atoms with Crippen molar-refractivity contribution in [2.24, 2.45) is 5.92 Å². The second-order valence-corrected chi connectivity index (χ2v) is 11.6. The normalized spacial score (nSPS) is 14.0. The lowest BCUT2D eigenvalue weighted by molar-refractivity contribution is -0.152. The molecule has 250 valence electrons. The number of rotatable bonds is 28.